The van der Waals surface area contributed by atoms with Crippen LogP contribution in [0.15, 0.2) is 18.3 Å². The summed E-state index contributed by atoms with van der Waals surface area (Å²) in [5.74, 6) is -0.160. The van der Waals surface area contributed by atoms with E-state index in [9.17, 15) is 18.0 Å². The topological polar surface area (TPSA) is 63.2 Å². The van der Waals surface area contributed by atoms with Gasteiger partial charge < -0.3 is 15.4 Å². The van der Waals surface area contributed by atoms with E-state index in [1.807, 2.05) is 0 Å². The molecule has 0 saturated heterocycles. The molecule has 0 atom stereocenters. The van der Waals surface area contributed by atoms with Crippen LogP contribution >= 0.6 is 0 Å². The predicted molar refractivity (Wildman–Crippen MR) is 58.1 cm³/mol. The Morgan fingerprint density at radius 3 is 2.67 bits per heavy atom. The first-order chi connectivity index (χ1) is 8.40. The number of hydrogen-bond donors (Lipinski definition) is 2. The van der Waals surface area contributed by atoms with Crippen LogP contribution in [0.4, 0.5) is 19.0 Å². The number of hydrogen-bond acceptors (Lipinski definition) is 4. The molecule has 18 heavy (non-hydrogen) atoms. The number of aromatic nitrogens is 1. The molecule has 0 fully saturated rings. The van der Waals surface area contributed by atoms with E-state index >= 15 is 0 Å². The quantitative estimate of drug-likeness (QED) is 0.845. The number of anilines is 1. The normalized spacial score (nSPS) is 10.9. The Morgan fingerprint density at radius 2 is 2.17 bits per heavy atom. The van der Waals surface area contributed by atoms with Gasteiger partial charge in [-0.25, -0.2) is 4.98 Å². The second-order valence-corrected chi connectivity index (χ2v) is 3.28. The van der Waals surface area contributed by atoms with E-state index in [2.05, 4.69) is 20.4 Å². The minimum atomic E-state index is -4.73. The summed E-state index contributed by atoms with van der Waals surface area (Å²) in [7, 11) is 1.52. The van der Waals surface area contributed by atoms with Crippen LogP contribution in [0.5, 0.6) is 5.75 Å². The maximum Gasteiger partial charge on any atom is 0.573 e. The first kappa shape index (κ1) is 14.1. The molecule has 1 aromatic rings. The van der Waals surface area contributed by atoms with E-state index in [4.69, 9.17) is 0 Å². The van der Waals surface area contributed by atoms with E-state index in [-0.39, 0.29) is 18.1 Å². The highest BCUT2D eigenvalue weighted by Gasteiger charge is 2.31. The van der Waals surface area contributed by atoms with Crippen LogP contribution in [0.3, 0.4) is 0 Å². The lowest BCUT2D eigenvalue weighted by molar-refractivity contribution is -0.274. The zero-order chi connectivity index (χ0) is 13.6. The maximum atomic E-state index is 11.9. The number of rotatable bonds is 5. The van der Waals surface area contributed by atoms with Crippen LogP contribution in [0.1, 0.15) is 6.42 Å². The molecule has 0 bridgehead atoms. The molecule has 100 valence electrons. The second kappa shape index (κ2) is 6.08. The van der Waals surface area contributed by atoms with E-state index in [0.717, 1.165) is 12.3 Å². The highest BCUT2D eigenvalue weighted by atomic mass is 19.4. The van der Waals surface area contributed by atoms with Gasteiger partial charge in [0.05, 0.1) is 6.20 Å². The minimum absolute atomic E-state index is 0.139. The largest absolute Gasteiger partial charge is 0.573 e. The van der Waals surface area contributed by atoms with E-state index in [1.54, 1.807) is 0 Å². The summed E-state index contributed by atoms with van der Waals surface area (Å²) in [6.45, 7) is 0.339. The van der Waals surface area contributed by atoms with E-state index in [1.165, 1.54) is 13.1 Å². The summed E-state index contributed by atoms with van der Waals surface area (Å²) >= 11 is 0. The van der Waals surface area contributed by atoms with E-state index < -0.39 is 6.36 Å². The van der Waals surface area contributed by atoms with Gasteiger partial charge in [0, 0.05) is 20.0 Å². The van der Waals surface area contributed by atoms with E-state index in [0.29, 0.717) is 12.4 Å². The highest BCUT2D eigenvalue weighted by molar-refractivity contribution is 5.76. The van der Waals surface area contributed by atoms with Crippen molar-refractivity contribution in [3.63, 3.8) is 0 Å². The third kappa shape index (κ3) is 5.37. The molecule has 8 heteroatoms. The lowest BCUT2D eigenvalue weighted by Crippen LogP contribution is -2.21. The molecule has 0 aliphatic rings. The molecule has 0 saturated carbocycles. The lowest BCUT2D eigenvalue weighted by Gasteiger charge is -2.09. The van der Waals surface area contributed by atoms with Gasteiger partial charge >= 0.3 is 6.36 Å². The Kier molecular flexibility index (Phi) is 4.75. The van der Waals surface area contributed by atoms with Crippen LogP contribution in [-0.4, -0.2) is 30.8 Å². The van der Waals surface area contributed by atoms with Crippen LogP contribution in [-0.2, 0) is 4.79 Å². The fourth-order valence-corrected chi connectivity index (χ4v) is 1.11. The standard InChI is InChI=1S/C10H12F3N3O2/c1-14-9(17)4-5-15-8-3-2-7(6-16-8)18-10(11,12)13/h2-3,6H,4-5H2,1H3,(H,14,17)(H,15,16). The molecule has 2 N–H and O–H groups in total. The number of amides is 1. The average molecular weight is 263 g/mol. The van der Waals surface area contributed by atoms with Crippen molar-refractivity contribution in [2.45, 2.75) is 12.8 Å². The molecule has 1 rings (SSSR count). The minimum Gasteiger partial charge on any atom is -0.404 e. The summed E-state index contributed by atoms with van der Waals surface area (Å²) in [5, 5.41) is 5.23. The third-order valence-electron chi connectivity index (χ3n) is 1.91. The van der Waals surface area contributed by atoms with Gasteiger partial charge in [-0.3, -0.25) is 4.79 Å². The fraction of sp³-hybridized carbons (Fsp3) is 0.400. The van der Waals surface area contributed by atoms with Crippen LogP contribution in [0.25, 0.3) is 0 Å². The molecule has 0 aliphatic heterocycles. The molecule has 1 amide bonds. The third-order valence-corrected chi connectivity index (χ3v) is 1.91. The Hall–Kier alpha value is -1.99. The molecular weight excluding hydrogens is 251 g/mol. The Morgan fingerprint density at radius 1 is 1.44 bits per heavy atom. The van der Waals surface area contributed by atoms with Gasteiger partial charge in [-0.2, -0.15) is 0 Å². The zero-order valence-electron chi connectivity index (χ0n) is 9.54. The molecule has 1 heterocycles. The van der Waals surface area contributed by atoms with Gasteiger partial charge in [-0.15, -0.1) is 13.2 Å². The number of ether oxygens (including phenoxy) is 1. The monoisotopic (exact) mass is 263 g/mol. The molecule has 0 spiro atoms. The Balaban J connectivity index is 2.43. The molecule has 5 nitrogen and oxygen atoms in total. The smallest absolute Gasteiger partial charge is 0.404 e. The number of carbonyl (C=O) groups excluding carboxylic acids is 1. The second-order valence-electron chi connectivity index (χ2n) is 3.28. The van der Waals surface area contributed by atoms with Crippen molar-refractivity contribution < 1.29 is 22.7 Å². The molecular formula is C10H12F3N3O2. The molecule has 1 aromatic heterocycles. The molecule has 0 radical (unpaired) electrons. The number of carbonyl (C=O) groups is 1. The van der Waals surface area contributed by atoms with Crippen LogP contribution in [0, 0.1) is 0 Å². The van der Waals surface area contributed by atoms with Gasteiger partial charge in [0.2, 0.25) is 5.91 Å². The Labute approximate surface area is 101 Å². The average Bonchev–Trinajstić information content (AvgIpc) is 2.29. The number of alkyl halides is 3. The van der Waals surface area contributed by atoms with Crippen molar-refractivity contribution in [3.8, 4) is 5.75 Å². The van der Waals surface area contributed by atoms with Crippen molar-refractivity contribution in [1.29, 1.82) is 0 Å². The van der Waals surface area contributed by atoms with Gasteiger partial charge in [-0.05, 0) is 12.1 Å². The van der Waals surface area contributed by atoms with Gasteiger partial charge in [0.15, 0.2) is 0 Å². The summed E-state index contributed by atoms with van der Waals surface area (Å²) in [5.41, 5.74) is 0. The maximum absolute atomic E-state index is 11.9. The van der Waals surface area contributed by atoms with Crippen molar-refractivity contribution >= 4 is 11.7 Å². The number of nitrogens with zero attached hydrogens (tertiary/aromatic N) is 1. The summed E-state index contributed by atoms with van der Waals surface area (Å²) in [6, 6.07) is 2.48. The summed E-state index contributed by atoms with van der Waals surface area (Å²) in [4.78, 5) is 14.6. The van der Waals surface area contributed by atoms with Crippen molar-refractivity contribution in [2.24, 2.45) is 0 Å². The van der Waals surface area contributed by atoms with Crippen molar-refractivity contribution in [3.05, 3.63) is 18.3 Å². The van der Waals surface area contributed by atoms with Gasteiger partial charge in [0.25, 0.3) is 0 Å². The van der Waals surface area contributed by atoms with Crippen molar-refractivity contribution in [1.82, 2.24) is 10.3 Å². The van der Waals surface area contributed by atoms with Crippen LogP contribution < -0.4 is 15.4 Å². The zero-order valence-corrected chi connectivity index (χ0v) is 9.54. The predicted octanol–water partition coefficient (Wildman–Crippen LogP) is 1.53. The van der Waals surface area contributed by atoms with Gasteiger partial charge in [-0.1, -0.05) is 0 Å². The highest BCUT2D eigenvalue weighted by Crippen LogP contribution is 2.22. The summed E-state index contributed by atoms with van der Waals surface area (Å²) < 4.78 is 39.2. The van der Waals surface area contributed by atoms with Crippen molar-refractivity contribution in [2.75, 3.05) is 18.9 Å². The molecule has 0 aliphatic carbocycles. The first-order valence-electron chi connectivity index (χ1n) is 5.07. The lowest BCUT2D eigenvalue weighted by atomic mass is 10.4. The Bertz CT molecular complexity index is 392. The summed E-state index contributed by atoms with van der Waals surface area (Å²) in [6.07, 6.45) is -3.52. The first-order valence-corrected chi connectivity index (χ1v) is 5.07. The number of pyridine rings is 1. The number of halogens is 3. The number of nitrogens with one attached hydrogen (secondary N) is 2. The fourth-order valence-electron chi connectivity index (χ4n) is 1.11. The molecule has 0 unspecified atom stereocenters. The SMILES string of the molecule is CNC(=O)CCNc1ccc(OC(F)(F)F)cn1. The van der Waals surface area contributed by atoms with Gasteiger partial charge in [0.1, 0.15) is 11.6 Å². The molecule has 0 aromatic carbocycles. The van der Waals surface area contributed by atoms with Crippen LogP contribution in [0.2, 0.25) is 0 Å².